The molecular weight excluding hydrogens is 132 g/mol. The van der Waals surface area contributed by atoms with Crippen LogP contribution in [0.4, 0.5) is 0 Å². The van der Waals surface area contributed by atoms with Gasteiger partial charge in [0.05, 0.1) is 0 Å². The fourth-order valence-corrected chi connectivity index (χ4v) is 1.34. The van der Waals surface area contributed by atoms with E-state index in [1.54, 1.807) is 0 Å². The molecular formula is C11H22. The van der Waals surface area contributed by atoms with Gasteiger partial charge in [0.25, 0.3) is 0 Å². The van der Waals surface area contributed by atoms with Crippen molar-refractivity contribution in [3.8, 4) is 0 Å². The van der Waals surface area contributed by atoms with E-state index in [0.29, 0.717) is 0 Å². The molecule has 0 aliphatic carbocycles. The van der Waals surface area contributed by atoms with Crippen molar-refractivity contribution in [3.05, 3.63) is 12.2 Å². The average molecular weight is 154 g/mol. The maximum Gasteiger partial charge on any atom is -0.0211 e. The molecule has 0 N–H and O–H groups in total. The summed E-state index contributed by atoms with van der Waals surface area (Å²) in [5, 5.41) is 0. The van der Waals surface area contributed by atoms with Gasteiger partial charge in [0.15, 0.2) is 0 Å². The van der Waals surface area contributed by atoms with Gasteiger partial charge in [-0.2, -0.15) is 0 Å². The van der Waals surface area contributed by atoms with Crippen LogP contribution in [0, 0.1) is 11.8 Å². The van der Waals surface area contributed by atoms with Crippen molar-refractivity contribution in [3.63, 3.8) is 0 Å². The van der Waals surface area contributed by atoms with Crippen LogP contribution in [-0.2, 0) is 0 Å². The number of hydrogen-bond acceptors (Lipinski definition) is 0. The highest BCUT2D eigenvalue weighted by molar-refractivity contribution is 4.86. The summed E-state index contributed by atoms with van der Waals surface area (Å²) in [7, 11) is 0. The molecule has 0 radical (unpaired) electrons. The van der Waals surface area contributed by atoms with Gasteiger partial charge >= 0.3 is 0 Å². The van der Waals surface area contributed by atoms with Gasteiger partial charge in [-0.1, -0.05) is 45.8 Å². The molecule has 1 atom stereocenters. The minimum Gasteiger partial charge on any atom is -0.0914 e. The van der Waals surface area contributed by atoms with Crippen LogP contribution >= 0.6 is 0 Å². The molecule has 1 unspecified atom stereocenters. The molecule has 11 heavy (non-hydrogen) atoms. The van der Waals surface area contributed by atoms with Gasteiger partial charge in [0, 0.05) is 0 Å². The molecule has 66 valence electrons. The number of hydrogen-bond donors (Lipinski definition) is 0. The van der Waals surface area contributed by atoms with Crippen molar-refractivity contribution in [2.45, 2.75) is 47.0 Å². The first-order valence-electron chi connectivity index (χ1n) is 4.85. The van der Waals surface area contributed by atoms with E-state index in [0.717, 1.165) is 11.8 Å². The topological polar surface area (TPSA) is 0 Å². The second kappa shape index (κ2) is 6.45. The Balaban J connectivity index is 3.70. The molecule has 0 rings (SSSR count). The lowest BCUT2D eigenvalue weighted by Gasteiger charge is -2.15. The summed E-state index contributed by atoms with van der Waals surface area (Å²) in [4.78, 5) is 0. The van der Waals surface area contributed by atoms with E-state index >= 15 is 0 Å². The van der Waals surface area contributed by atoms with E-state index in [2.05, 4.69) is 39.8 Å². The lowest BCUT2D eigenvalue weighted by atomic mass is 9.90. The Hall–Kier alpha value is -0.260. The molecule has 0 nitrogen and oxygen atoms in total. The van der Waals surface area contributed by atoms with E-state index in [1.165, 1.54) is 19.3 Å². The molecule has 0 spiro atoms. The highest BCUT2D eigenvalue weighted by Gasteiger charge is 2.07. The summed E-state index contributed by atoms with van der Waals surface area (Å²) in [6.07, 6.45) is 8.58. The maximum atomic E-state index is 2.35. The average Bonchev–Trinajstić information content (AvgIpc) is 1.97. The van der Waals surface area contributed by atoms with Crippen molar-refractivity contribution >= 4 is 0 Å². The van der Waals surface area contributed by atoms with Crippen LogP contribution < -0.4 is 0 Å². The largest absolute Gasteiger partial charge is 0.0914 e. The van der Waals surface area contributed by atoms with E-state index in [4.69, 9.17) is 0 Å². The van der Waals surface area contributed by atoms with Crippen molar-refractivity contribution in [2.24, 2.45) is 11.8 Å². The summed E-state index contributed by atoms with van der Waals surface area (Å²) in [5.41, 5.74) is 0. The molecule has 0 aliphatic rings. The third-order valence-electron chi connectivity index (χ3n) is 2.19. The van der Waals surface area contributed by atoms with Crippen molar-refractivity contribution < 1.29 is 0 Å². The van der Waals surface area contributed by atoms with E-state index < -0.39 is 0 Å². The summed E-state index contributed by atoms with van der Waals surface area (Å²) in [5.74, 6) is 1.61. The third kappa shape index (κ3) is 5.06. The normalized spacial score (nSPS) is 14.6. The van der Waals surface area contributed by atoms with Gasteiger partial charge in [-0.05, 0) is 25.2 Å². The quantitative estimate of drug-likeness (QED) is 0.524. The second-order valence-corrected chi connectivity index (χ2v) is 3.58. The lowest BCUT2D eigenvalue weighted by Crippen LogP contribution is -2.04. The summed E-state index contributed by atoms with van der Waals surface area (Å²) in [6.45, 7) is 8.98. The molecule has 0 heterocycles. The van der Waals surface area contributed by atoms with Crippen LogP contribution in [0.25, 0.3) is 0 Å². The molecule has 0 bridgehead atoms. The van der Waals surface area contributed by atoms with Crippen molar-refractivity contribution in [1.29, 1.82) is 0 Å². The van der Waals surface area contributed by atoms with E-state index in [-0.39, 0.29) is 0 Å². The number of rotatable bonds is 5. The van der Waals surface area contributed by atoms with Crippen molar-refractivity contribution in [2.75, 3.05) is 0 Å². The molecule has 0 aromatic carbocycles. The van der Waals surface area contributed by atoms with Gasteiger partial charge in [-0.25, -0.2) is 0 Å². The first-order chi connectivity index (χ1) is 5.22. The minimum absolute atomic E-state index is 0.803. The first kappa shape index (κ1) is 10.7. The Labute approximate surface area is 71.7 Å². The van der Waals surface area contributed by atoms with Crippen LogP contribution in [0.1, 0.15) is 47.0 Å². The lowest BCUT2D eigenvalue weighted by molar-refractivity contribution is 0.422. The van der Waals surface area contributed by atoms with Gasteiger partial charge in [-0.3, -0.25) is 0 Å². The van der Waals surface area contributed by atoms with Gasteiger partial charge < -0.3 is 0 Å². The Morgan fingerprint density at radius 2 is 1.91 bits per heavy atom. The molecule has 0 amide bonds. The predicted octanol–water partition coefficient (Wildman–Crippen LogP) is 4.02. The Bertz CT molecular complexity index is 101. The van der Waals surface area contributed by atoms with Crippen molar-refractivity contribution in [1.82, 2.24) is 0 Å². The third-order valence-corrected chi connectivity index (χ3v) is 2.19. The fraction of sp³-hybridized carbons (Fsp3) is 0.818. The number of allylic oxidation sites excluding steroid dienone is 2. The molecule has 0 aliphatic heterocycles. The van der Waals surface area contributed by atoms with Gasteiger partial charge in [0.2, 0.25) is 0 Å². The van der Waals surface area contributed by atoms with E-state index in [9.17, 15) is 0 Å². The monoisotopic (exact) mass is 154 g/mol. The SMILES string of the molecule is C/C=C/C(CCCC)C(C)C. The first-order valence-corrected chi connectivity index (χ1v) is 4.85. The molecule has 0 saturated carbocycles. The van der Waals surface area contributed by atoms with Crippen LogP contribution in [0.5, 0.6) is 0 Å². The second-order valence-electron chi connectivity index (χ2n) is 3.58. The van der Waals surface area contributed by atoms with Crippen LogP contribution in [0.3, 0.4) is 0 Å². The molecule has 0 heteroatoms. The zero-order valence-electron chi connectivity index (χ0n) is 8.43. The predicted molar refractivity (Wildman–Crippen MR) is 52.7 cm³/mol. The standard InChI is InChI=1S/C11H22/c1-5-7-9-11(8-6-2)10(3)4/h6,8,10-11H,5,7,9H2,1-4H3/b8-6+. The highest BCUT2D eigenvalue weighted by Crippen LogP contribution is 2.19. The maximum absolute atomic E-state index is 2.35. The number of unbranched alkanes of at least 4 members (excludes halogenated alkanes) is 1. The fourth-order valence-electron chi connectivity index (χ4n) is 1.34. The van der Waals surface area contributed by atoms with Crippen LogP contribution in [-0.4, -0.2) is 0 Å². The van der Waals surface area contributed by atoms with Crippen LogP contribution in [0.2, 0.25) is 0 Å². The smallest absolute Gasteiger partial charge is 0.0211 e. The zero-order chi connectivity index (χ0) is 8.69. The zero-order valence-corrected chi connectivity index (χ0v) is 8.43. The van der Waals surface area contributed by atoms with Crippen LogP contribution in [0.15, 0.2) is 12.2 Å². The Kier molecular flexibility index (Phi) is 6.30. The summed E-state index contributed by atoms with van der Waals surface area (Å²) < 4.78 is 0. The van der Waals surface area contributed by atoms with Gasteiger partial charge in [0.1, 0.15) is 0 Å². The minimum atomic E-state index is 0.803. The summed E-state index contributed by atoms with van der Waals surface area (Å²) >= 11 is 0. The Morgan fingerprint density at radius 1 is 1.27 bits per heavy atom. The Morgan fingerprint density at radius 3 is 2.27 bits per heavy atom. The molecule has 0 saturated heterocycles. The summed E-state index contributed by atoms with van der Waals surface area (Å²) in [6, 6.07) is 0. The van der Waals surface area contributed by atoms with E-state index in [1.807, 2.05) is 0 Å². The molecule has 0 aromatic rings. The highest BCUT2D eigenvalue weighted by atomic mass is 14.1. The van der Waals surface area contributed by atoms with Gasteiger partial charge in [-0.15, -0.1) is 0 Å². The molecule has 0 aromatic heterocycles. The molecule has 0 fully saturated rings.